The van der Waals surface area contributed by atoms with Crippen molar-refractivity contribution in [2.45, 2.75) is 25.7 Å². The Balaban J connectivity index is 1.34. The van der Waals surface area contributed by atoms with Crippen molar-refractivity contribution < 1.29 is 26.7 Å². The van der Waals surface area contributed by atoms with Crippen LogP contribution in [0.25, 0.3) is 28.3 Å². The lowest BCUT2D eigenvalue weighted by Gasteiger charge is -2.28. The fraction of sp³-hybridized carbons (Fsp3) is 0.222. The molecule has 4 aromatic heterocycles. The number of benzene rings is 1. The highest BCUT2D eigenvalue weighted by atomic mass is 19.4. The number of aromatic nitrogens is 6. The number of carbonyl (C=O) groups excluding carboxylic acids is 1. The minimum atomic E-state index is -4.26. The summed E-state index contributed by atoms with van der Waals surface area (Å²) >= 11 is 0. The van der Waals surface area contributed by atoms with Gasteiger partial charge in [0.2, 0.25) is 5.95 Å². The lowest BCUT2D eigenvalue weighted by atomic mass is 10.1. The van der Waals surface area contributed by atoms with Crippen molar-refractivity contribution in [2.75, 3.05) is 18.4 Å². The predicted molar refractivity (Wildman–Crippen MR) is 138 cm³/mol. The number of fused-ring (bicyclic) bond motifs is 2. The first kappa shape index (κ1) is 26.5. The van der Waals surface area contributed by atoms with Gasteiger partial charge in [-0.25, -0.2) is 23.9 Å². The van der Waals surface area contributed by atoms with Gasteiger partial charge in [0.05, 0.1) is 30.6 Å². The number of alkyl halides is 3. The molecule has 0 saturated heterocycles. The smallest absolute Gasteiger partial charge is 0.324 e. The Labute approximate surface area is 229 Å². The van der Waals surface area contributed by atoms with Gasteiger partial charge in [0, 0.05) is 43.0 Å². The number of imidazole rings is 2. The summed E-state index contributed by atoms with van der Waals surface area (Å²) in [7, 11) is 0. The van der Waals surface area contributed by atoms with Gasteiger partial charge in [0.1, 0.15) is 17.3 Å². The molecule has 5 heterocycles. The van der Waals surface area contributed by atoms with Crippen LogP contribution in [-0.4, -0.2) is 59.2 Å². The molecule has 1 aromatic carbocycles. The van der Waals surface area contributed by atoms with Crippen molar-refractivity contribution in [3.63, 3.8) is 0 Å². The fourth-order valence-electron chi connectivity index (χ4n) is 4.73. The second kappa shape index (κ2) is 10.4. The zero-order valence-corrected chi connectivity index (χ0v) is 21.2. The predicted octanol–water partition coefficient (Wildman–Crippen LogP) is 4.95. The summed E-state index contributed by atoms with van der Waals surface area (Å²) in [6.07, 6.45) is -2.49. The first-order valence-electron chi connectivity index (χ1n) is 12.6. The number of anilines is 1. The second-order valence-electron chi connectivity index (χ2n) is 9.49. The van der Waals surface area contributed by atoms with Crippen LogP contribution in [0.15, 0.2) is 60.9 Å². The molecule has 0 aliphatic carbocycles. The number of nitrogens with one attached hydrogen (secondary N) is 1. The number of rotatable bonds is 6. The van der Waals surface area contributed by atoms with E-state index in [9.17, 15) is 26.7 Å². The molecule has 1 aliphatic heterocycles. The fourth-order valence-corrected chi connectivity index (χ4v) is 4.73. The molecule has 41 heavy (non-hydrogen) atoms. The summed E-state index contributed by atoms with van der Waals surface area (Å²) in [5.41, 5.74) is 2.74. The Morgan fingerprint density at radius 2 is 1.80 bits per heavy atom. The third-order valence-corrected chi connectivity index (χ3v) is 6.67. The van der Waals surface area contributed by atoms with Crippen LogP contribution in [0.3, 0.4) is 0 Å². The van der Waals surface area contributed by atoms with Crippen LogP contribution < -0.4 is 5.32 Å². The molecule has 0 saturated carbocycles. The molecule has 210 valence electrons. The molecule has 5 aromatic rings. The molecule has 1 N–H and O–H groups in total. The maximum Gasteiger partial charge on any atom is 0.390 e. The Bertz CT molecular complexity index is 1750. The van der Waals surface area contributed by atoms with E-state index in [2.05, 4.69) is 20.4 Å². The summed E-state index contributed by atoms with van der Waals surface area (Å²) < 4.78 is 68.9. The third kappa shape index (κ3) is 5.63. The monoisotopic (exact) mass is 568 g/mol. The van der Waals surface area contributed by atoms with Crippen molar-refractivity contribution in [3.8, 4) is 22.6 Å². The summed E-state index contributed by atoms with van der Waals surface area (Å²) in [4.78, 5) is 26.8. The van der Waals surface area contributed by atoms with Gasteiger partial charge in [-0.3, -0.25) is 9.69 Å². The second-order valence-corrected chi connectivity index (χ2v) is 9.49. The van der Waals surface area contributed by atoms with Gasteiger partial charge in [0.15, 0.2) is 11.5 Å². The normalized spacial score (nSPS) is 13.9. The van der Waals surface area contributed by atoms with Crippen LogP contribution in [0.4, 0.5) is 27.8 Å². The van der Waals surface area contributed by atoms with Gasteiger partial charge < -0.3 is 9.88 Å². The van der Waals surface area contributed by atoms with Crippen LogP contribution >= 0.6 is 0 Å². The average Bonchev–Trinajstić information content (AvgIpc) is 3.52. The molecular formula is C27H21F5N8O. The maximum atomic E-state index is 13.7. The van der Waals surface area contributed by atoms with Gasteiger partial charge >= 0.3 is 6.18 Å². The molecule has 0 atom stereocenters. The van der Waals surface area contributed by atoms with Crippen molar-refractivity contribution in [2.24, 2.45) is 0 Å². The Morgan fingerprint density at radius 1 is 1.00 bits per heavy atom. The number of hydrogen-bond donors (Lipinski definition) is 1. The van der Waals surface area contributed by atoms with E-state index in [0.29, 0.717) is 47.2 Å². The van der Waals surface area contributed by atoms with E-state index < -0.39 is 30.3 Å². The topological polar surface area (TPSA) is 93.2 Å². The number of hydrogen-bond acceptors (Lipinski definition) is 6. The van der Waals surface area contributed by atoms with E-state index in [1.165, 1.54) is 35.1 Å². The van der Waals surface area contributed by atoms with Crippen LogP contribution in [-0.2, 0) is 13.1 Å². The number of pyridine rings is 1. The molecular weight excluding hydrogens is 547 g/mol. The van der Waals surface area contributed by atoms with Gasteiger partial charge in [-0.1, -0.05) is 0 Å². The van der Waals surface area contributed by atoms with E-state index in [1.807, 2.05) is 4.57 Å². The molecule has 0 spiro atoms. The summed E-state index contributed by atoms with van der Waals surface area (Å²) in [5, 5.41) is 7.27. The maximum absolute atomic E-state index is 13.7. The van der Waals surface area contributed by atoms with Crippen molar-refractivity contribution in [1.82, 2.24) is 34.0 Å². The highest BCUT2D eigenvalue weighted by Gasteiger charge is 2.31. The lowest BCUT2D eigenvalue weighted by molar-refractivity contribution is -0.138. The lowest BCUT2D eigenvalue weighted by Crippen LogP contribution is -2.36. The molecule has 1 aliphatic rings. The quantitative estimate of drug-likeness (QED) is 0.230. The standard InChI is InChI=1S/C27H21F5N8O/c28-18-3-1-16(2-4-18)24-25(39-12-11-38(15-23(39)36-24)10-8-27(30,31)32)19-5-6-22-34-21(14-40(22)37-19)35-26(41)17-7-9-33-20(29)13-17/h1-7,9,13-14H,8,10-12,15H2,(H,35,41). The molecule has 0 bridgehead atoms. The van der Waals surface area contributed by atoms with Crippen molar-refractivity contribution in [1.29, 1.82) is 0 Å². The van der Waals surface area contributed by atoms with E-state index in [4.69, 9.17) is 4.98 Å². The van der Waals surface area contributed by atoms with E-state index in [1.54, 1.807) is 29.2 Å². The highest BCUT2D eigenvalue weighted by molar-refractivity contribution is 6.03. The first-order chi connectivity index (χ1) is 19.6. The molecule has 6 rings (SSSR count). The van der Waals surface area contributed by atoms with E-state index in [0.717, 1.165) is 6.07 Å². The zero-order valence-electron chi connectivity index (χ0n) is 21.2. The molecule has 0 unspecified atom stereocenters. The Kier molecular flexibility index (Phi) is 6.69. The van der Waals surface area contributed by atoms with Crippen LogP contribution in [0, 0.1) is 11.8 Å². The average molecular weight is 569 g/mol. The van der Waals surface area contributed by atoms with Gasteiger partial charge in [-0.2, -0.15) is 22.7 Å². The van der Waals surface area contributed by atoms with E-state index >= 15 is 0 Å². The van der Waals surface area contributed by atoms with Gasteiger partial charge in [-0.15, -0.1) is 0 Å². The van der Waals surface area contributed by atoms with Crippen LogP contribution in [0.5, 0.6) is 0 Å². The zero-order chi connectivity index (χ0) is 28.7. The number of carbonyl (C=O) groups is 1. The first-order valence-corrected chi connectivity index (χ1v) is 12.6. The summed E-state index contributed by atoms with van der Waals surface area (Å²) in [5.74, 6) is -1.03. The van der Waals surface area contributed by atoms with Crippen LogP contribution in [0.2, 0.25) is 0 Å². The highest BCUT2D eigenvalue weighted by Crippen LogP contribution is 2.34. The Hall–Kier alpha value is -4.72. The van der Waals surface area contributed by atoms with Crippen LogP contribution in [0.1, 0.15) is 22.6 Å². The third-order valence-electron chi connectivity index (χ3n) is 6.67. The molecule has 14 heteroatoms. The molecule has 0 fully saturated rings. The molecule has 9 nitrogen and oxygen atoms in total. The Morgan fingerprint density at radius 3 is 2.56 bits per heavy atom. The van der Waals surface area contributed by atoms with Gasteiger partial charge in [0.25, 0.3) is 5.91 Å². The summed E-state index contributed by atoms with van der Waals surface area (Å²) in [6, 6.07) is 11.6. The van der Waals surface area contributed by atoms with Crippen molar-refractivity contribution in [3.05, 3.63) is 84.1 Å². The van der Waals surface area contributed by atoms with E-state index in [-0.39, 0.29) is 24.5 Å². The minimum Gasteiger partial charge on any atom is -0.324 e. The number of amides is 1. The van der Waals surface area contributed by atoms with Gasteiger partial charge in [-0.05, 0) is 42.5 Å². The number of nitrogens with zero attached hydrogens (tertiary/aromatic N) is 7. The molecule has 1 amide bonds. The van der Waals surface area contributed by atoms with Crippen molar-refractivity contribution >= 4 is 17.4 Å². The SMILES string of the molecule is O=C(Nc1cn2nc(-c3c(-c4ccc(F)cc4)nc4n3CCN(CCC(F)(F)F)C4)ccc2n1)c1ccnc(F)c1. The summed E-state index contributed by atoms with van der Waals surface area (Å²) in [6.45, 7) is 0.833. The minimum absolute atomic E-state index is 0.0716. The largest absolute Gasteiger partial charge is 0.390 e. The number of halogens is 5. The molecule has 0 radical (unpaired) electrons.